The van der Waals surface area contributed by atoms with Crippen LogP contribution in [0.1, 0.15) is 57.4 Å². The van der Waals surface area contributed by atoms with Gasteiger partial charge < -0.3 is 39.4 Å². The number of phenols is 1. The zero-order valence-corrected chi connectivity index (χ0v) is 27.5. The van der Waals surface area contributed by atoms with Crippen molar-refractivity contribution in [1.29, 1.82) is 0 Å². The molecule has 3 aromatic carbocycles. The number of phenolic OH excluding ortho intramolecular Hbond substituents is 1. The third-order valence-corrected chi connectivity index (χ3v) is 9.97. The summed E-state index contributed by atoms with van der Waals surface area (Å²) in [5.74, 6) is 1.99. The van der Waals surface area contributed by atoms with E-state index in [-0.39, 0.29) is 49.2 Å². The molecule has 3 N–H and O–H groups in total. The predicted molar refractivity (Wildman–Crippen MR) is 177 cm³/mol. The van der Waals surface area contributed by atoms with Gasteiger partial charge >= 0.3 is 6.16 Å². The summed E-state index contributed by atoms with van der Waals surface area (Å²) in [6.07, 6.45) is 2.79. The highest BCUT2D eigenvalue weighted by Crippen LogP contribution is 2.55. The van der Waals surface area contributed by atoms with Gasteiger partial charge in [0.05, 0.1) is 19.2 Å². The molecule has 1 amide bonds. The smallest absolute Gasteiger partial charge is 0.504 e. The number of amides is 1. The molecule has 0 aliphatic carbocycles. The summed E-state index contributed by atoms with van der Waals surface area (Å²) < 4.78 is 28.8. The lowest BCUT2D eigenvalue weighted by atomic mass is 9.75. The molecular weight excluding hydrogens is 614 g/mol. The number of rotatable bonds is 9. The minimum absolute atomic E-state index is 0.00333. The average Bonchev–Trinajstić information content (AvgIpc) is 3.58. The Hall–Kier alpha value is -4.74. The molecule has 4 heterocycles. The molecule has 7 rings (SSSR count). The number of nitrogens with one attached hydrogen (secondary N) is 2. The maximum Gasteiger partial charge on any atom is 0.514 e. The second-order valence-electron chi connectivity index (χ2n) is 12.8. The van der Waals surface area contributed by atoms with Gasteiger partial charge in [-0.3, -0.25) is 9.69 Å². The second kappa shape index (κ2) is 13.0. The first-order valence-corrected chi connectivity index (χ1v) is 16.4. The van der Waals surface area contributed by atoms with E-state index in [1.807, 2.05) is 44.2 Å². The largest absolute Gasteiger partial charge is 0.514 e. The lowest BCUT2D eigenvalue weighted by Crippen LogP contribution is -2.64. The first-order valence-electron chi connectivity index (χ1n) is 16.4. The second-order valence-corrected chi connectivity index (χ2v) is 12.8. The van der Waals surface area contributed by atoms with Crippen LogP contribution in [0, 0.1) is 13.8 Å². The number of aromatic hydroxyl groups is 1. The van der Waals surface area contributed by atoms with Crippen molar-refractivity contribution in [2.45, 2.75) is 63.7 Å². The van der Waals surface area contributed by atoms with Crippen LogP contribution in [0.3, 0.4) is 0 Å². The van der Waals surface area contributed by atoms with Crippen molar-refractivity contribution in [3.63, 3.8) is 0 Å². The van der Waals surface area contributed by atoms with Gasteiger partial charge in [0.15, 0.2) is 23.0 Å². The van der Waals surface area contributed by atoms with Gasteiger partial charge in [-0.05, 0) is 49.8 Å². The molecule has 2 bridgehead atoms. The fourth-order valence-electron chi connectivity index (χ4n) is 7.97. The third-order valence-electron chi connectivity index (χ3n) is 9.97. The summed E-state index contributed by atoms with van der Waals surface area (Å²) in [4.78, 5) is 28.6. The Balaban J connectivity index is 1.30. The molecule has 1 unspecified atom stereocenters. The Bertz CT molecular complexity index is 1760. The van der Waals surface area contributed by atoms with Crippen LogP contribution in [0.5, 0.6) is 28.7 Å². The summed E-state index contributed by atoms with van der Waals surface area (Å²) in [6, 6.07) is 11.4. The first kappa shape index (κ1) is 31.8. The molecule has 4 aliphatic rings. The molecule has 11 heteroatoms. The minimum Gasteiger partial charge on any atom is -0.504 e. The van der Waals surface area contributed by atoms with E-state index in [9.17, 15) is 14.7 Å². The molecule has 0 aromatic heterocycles. The molecule has 0 saturated carbocycles. The normalized spacial score (nSPS) is 21.7. The Morgan fingerprint density at radius 3 is 2.69 bits per heavy atom. The fourth-order valence-corrected chi connectivity index (χ4v) is 7.97. The predicted octanol–water partition coefficient (Wildman–Crippen LogP) is 4.73. The van der Waals surface area contributed by atoms with Crippen LogP contribution in [-0.4, -0.2) is 67.8 Å². The van der Waals surface area contributed by atoms with Crippen molar-refractivity contribution in [2.75, 3.05) is 33.6 Å². The number of nitrogens with zero attached hydrogens (tertiary/aromatic N) is 1. The zero-order chi connectivity index (χ0) is 33.5. The molecule has 11 nitrogen and oxygen atoms in total. The van der Waals surface area contributed by atoms with Gasteiger partial charge in [0.1, 0.15) is 12.4 Å². The van der Waals surface area contributed by atoms with Crippen LogP contribution in [0.4, 0.5) is 4.79 Å². The zero-order valence-electron chi connectivity index (χ0n) is 27.5. The average molecular weight is 656 g/mol. The van der Waals surface area contributed by atoms with Crippen LogP contribution in [0.15, 0.2) is 49.1 Å². The molecule has 4 aliphatic heterocycles. The van der Waals surface area contributed by atoms with Crippen molar-refractivity contribution in [2.24, 2.45) is 0 Å². The number of hydrogen-bond acceptors (Lipinski definition) is 10. The van der Waals surface area contributed by atoms with E-state index < -0.39 is 6.16 Å². The van der Waals surface area contributed by atoms with Crippen LogP contribution in [0.25, 0.3) is 0 Å². The van der Waals surface area contributed by atoms with Crippen LogP contribution in [0.2, 0.25) is 0 Å². The number of piperazine rings is 1. The van der Waals surface area contributed by atoms with Gasteiger partial charge in [0.25, 0.3) is 0 Å². The van der Waals surface area contributed by atoms with E-state index in [4.69, 9.17) is 23.7 Å². The van der Waals surface area contributed by atoms with Gasteiger partial charge in [-0.15, -0.1) is 0 Å². The van der Waals surface area contributed by atoms with E-state index >= 15 is 0 Å². The number of fused-ring (bicyclic) bond motifs is 9. The lowest BCUT2D eigenvalue weighted by Gasteiger charge is -2.54. The summed E-state index contributed by atoms with van der Waals surface area (Å²) >= 11 is 0. The maximum absolute atomic E-state index is 13.3. The number of carbonyl (C=O) groups excluding carboxylic acids is 2. The van der Waals surface area contributed by atoms with E-state index in [2.05, 4.69) is 28.2 Å². The van der Waals surface area contributed by atoms with Gasteiger partial charge in [0, 0.05) is 53.8 Å². The molecule has 252 valence electrons. The van der Waals surface area contributed by atoms with Crippen LogP contribution in [-0.2, 0) is 28.8 Å². The molecule has 48 heavy (non-hydrogen) atoms. The molecule has 4 atom stereocenters. The first-order chi connectivity index (χ1) is 23.3. The number of methoxy groups -OCH3 is 1. The van der Waals surface area contributed by atoms with E-state index in [0.29, 0.717) is 60.9 Å². The summed E-state index contributed by atoms with van der Waals surface area (Å²) in [7, 11) is 1.56. The van der Waals surface area contributed by atoms with Gasteiger partial charge in [-0.1, -0.05) is 49.1 Å². The summed E-state index contributed by atoms with van der Waals surface area (Å²) in [5.41, 5.74) is 6.10. The third kappa shape index (κ3) is 5.60. The molecule has 1 saturated heterocycles. The topological polar surface area (TPSA) is 128 Å². The van der Waals surface area contributed by atoms with Crippen molar-refractivity contribution >= 4 is 12.1 Å². The number of benzene rings is 3. The molecule has 0 spiro atoms. The molecule has 3 aromatic rings. The highest BCUT2D eigenvalue weighted by Gasteiger charge is 2.50. The maximum atomic E-state index is 13.3. The van der Waals surface area contributed by atoms with Crippen LogP contribution < -0.4 is 29.6 Å². The quantitative estimate of drug-likeness (QED) is 0.169. The number of carbonyl (C=O) groups is 2. The summed E-state index contributed by atoms with van der Waals surface area (Å²) in [6.45, 7) is 8.42. The van der Waals surface area contributed by atoms with Gasteiger partial charge in [-0.25, -0.2) is 4.79 Å². The molecule has 1 fully saturated rings. The lowest BCUT2D eigenvalue weighted by molar-refractivity contribution is -0.121. The Morgan fingerprint density at radius 2 is 1.92 bits per heavy atom. The molecular formula is C37H41N3O8. The summed E-state index contributed by atoms with van der Waals surface area (Å²) in [5, 5.41) is 18.6. The molecule has 0 radical (unpaired) electrons. The van der Waals surface area contributed by atoms with Crippen molar-refractivity contribution < 1.29 is 38.4 Å². The van der Waals surface area contributed by atoms with Gasteiger partial charge in [0.2, 0.25) is 12.7 Å². The Morgan fingerprint density at radius 1 is 1.12 bits per heavy atom. The standard InChI is InChI=1S/C37H41N3O8/c1-5-13-45-37(43)48-34-21(3)35-36(47-19-46-35)30-25(34)16-26-31-29-23(14-20(2)33(44-4)32(29)42)15-24(39-31)18-40(26)27(30)17-38-28(41)12-11-22-9-7-6-8-10-22/h5-10,14,24,26-27,31,39,42H,1,11-13,15-19H2,2-4H3,(H,38,41)/t24-,26?,27-,31-/m0/s1. The van der Waals surface area contributed by atoms with E-state index in [0.717, 1.165) is 39.8 Å². The van der Waals surface area contributed by atoms with Crippen molar-refractivity contribution in [3.05, 3.63) is 88.0 Å². The SMILES string of the molecule is C=CCOC(=O)Oc1c(C)c2c(c3c1CC1[C@@H]4N[C@@H](Cc5cc(C)c(OC)c(O)c54)CN1[C@H]3CNC(=O)CCc1ccccc1)OCO2. The van der Waals surface area contributed by atoms with Crippen LogP contribution >= 0.6 is 0 Å². The van der Waals surface area contributed by atoms with Gasteiger partial charge in [-0.2, -0.15) is 0 Å². The fraction of sp³-hybridized carbons (Fsp3) is 0.405. The highest BCUT2D eigenvalue weighted by atomic mass is 16.7. The van der Waals surface area contributed by atoms with Crippen molar-refractivity contribution in [3.8, 4) is 28.7 Å². The minimum atomic E-state index is -0.852. The number of hydrogen-bond donors (Lipinski definition) is 3. The van der Waals surface area contributed by atoms with E-state index in [1.165, 1.54) is 6.08 Å². The Kier molecular flexibility index (Phi) is 8.65. The van der Waals surface area contributed by atoms with E-state index in [1.54, 1.807) is 7.11 Å². The Labute approximate surface area is 279 Å². The monoisotopic (exact) mass is 655 g/mol. The highest BCUT2D eigenvalue weighted by molar-refractivity contribution is 5.76. The number of aryl methyl sites for hydroxylation is 2. The van der Waals surface area contributed by atoms with Crippen molar-refractivity contribution in [1.82, 2.24) is 15.5 Å². The number of ether oxygens (including phenoxy) is 5.